The van der Waals surface area contributed by atoms with Crippen LogP contribution in [0.25, 0.3) is 0 Å². The van der Waals surface area contributed by atoms with Gasteiger partial charge in [0.2, 0.25) is 5.91 Å². The fraction of sp³-hybridized carbons (Fsp3) is 0.533. The molecule has 1 saturated heterocycles. The van der Waals surface area contributed by atoms with Crippen LogP contribution in [0, 0.1) is 0 Å². The first-order valence-corrected chi connectivity index (χ1v) is 7.16. The fourth-order valence-corrected chi connectivity index (χ4v) is 2.64. The fourth-order valence-electron chi connectivity index (χ4n) is 2.64. The Labute approximate surface area is 124 Å². The third-order valence-corrected chi connectivity index (χ3v) is 3.81. The van der Waals surface area contributed by atoms with Gasteiger partial charge in [-0.1, -0.05) is 0 Å². The van der Waals surface area contributed by atoms with Gasteiger partial charge in [0.1, 0.15) is 18.1 Å². The minimum Gasteiger partial charge on any atom is -0.497 e. The summed E-state index contributed by atoms with van der Waals surface area (Å²) >= 11 is 0. The van der Waals surface area contributed by atoms with Crippen molar-refractivity contribution >= 4 is 5.91 Å². The van der Waals surface area contributed by atoms with Crippen molar-refractivity contribution in [2.24, 2.45) is 0 Å². The summed E-state index contributed by atoms with van der Waals surface area (Å²) in [5.74, 6) is 1.56. The number of hydrogen-bond acceptors (Lipinski definition) is 5. The summed E-state index contributed by atoms with van der Waals surface area (Å²) in [4.78, 5) is 14.2. The van der Waals surface area contributed by atoms with Crippen LogP contribution < -0.4 is 14.8 Å². The highest BCUT2D eigenvalue weighted by Crippen LogP contribution is 2.35. The van der Waals surface area contributed by atoms with E-state index in [9.17, 15) is 4.79 Å². The molecule has 1 fully saturated rings. The van der Waals surface area contributed by atoms with Crippen molar-refractivity contribution in [3.8, 4) is 11.5 Å². The van der Waals surface area contributed by atoms with Gasteiger partial charge in [0, 0.05) is 24.7 Å². The number of ether oxygens (including phenoxy) is 3. The SMILES string of the molecule is COc1ccc2c(c1)OCC2NC(=O)CN1CCOCC1. The molecular weight excluding hydrogens is 272 g/mol. The third-order valence-electron chi connectivity index (χ3n) is 3.81. The predicted octanol–water partition coefficient (Wildman–Crippen LogP) is 0.577. The molecule has 0 radical (unpaired) electrons. The lowest BCUT2D eigenvalue weighted by atomic mass is 10.1. The van der Waals surface area contributed by atoms with Crippen molar-refractivity contribution in [3.63, 3.8) is 0 Å². The summed E-state index contributed by atoms with van der Waals surface area (Å²) in [6.07, 6.45) is 0. The van der Waals surface area contributed by atoms with Crippen LogP contribution in [-0.4, -0.2) is 57.4 Å². The molecule has 0 saturated carbocycles. The van der Waals surface area contributed by atoms with E-state index in [-0.39, 0.29) is 11.9 Å². The van der Waals surface area contributed by atoms with Gasteiger partial charge in [-0.2, -0.15) is 0 Å². The van der Waals surface area contributed by atoms with E-state index in [1.54, 1.807) is 7.11 Å². The smallest absolute Gasteiger partial charge is 0.234 e. The molecule has 2 aliphatic heterocycles. The zero-order valence-electron chi connectivity index (χ0n) is 12.1. The van der Waals surface area contributed by atoms with Gasteiger partial charge in [-0.05, 0) is 12.1 Å². The number of amides is 1. The Balaban J connectivity index is 1.58. The molecule has 6 nitrogen and oxygen atoms in total. The van der Waals surface area contributed by atoms with Crippen LogP contribution in [0.5, 0.6) is 11.5 Å². The Morgan fingerprint density at radius 2 is 2.24 bits per heavy atom. The van der Waals surface area contributed by atoms with E-state index < -0.39 is 0 Å². The third kappa shape index (κ3) is 3.28. The minimum atomic E-state index is -0.0838. The molecule has 3 rings (SSSR count). The molecule has 2 heterocycles. The first kappa shape index (κ1) is 14.2. The number of nitrogens with zero attached hydrogens (tertiary/aromatic N) is 1. The first-order chi connectivity index (χ1) is 10.3. The minimum absolute atomic E-state index is 0.0224. The van der Waals surface area contributed by atoms with Crippen LogP contribution in [0.3, 0.4) is 0 Å². The van der Waals surface area contributed by atoms with Gasteiger partial charge >= 0.3 is 0 Å². The maximum atomic E-state index is 12.1. The standard InChI is InChI=1S/C15H20N2O4/c1-19-11-2-3-12-13(10-21-14(12)8-11)16-15(18)9-17-4-6-20-7-5-17/h2-3,8,13H,4-7,9-10H2,1H3,(H,16,18). The van der Waals surface area contributed by atoms with Crippen LogP contribution in [0.1, 0.15) is 11.6 Å². The number of hydrogen-bond donors (Lipinski definition) is 1. The summed E-state index contributed by atoms with van der Waals surface area (Å²) in [7, 11) is 1.62. The molecule has 114 valence electrons. The first-order valence-electron chi connectivity index (χ1n) is 7.16. The number of methoxy groups -OCH3 is 1. The second-order valence-electron chi connectivity index (χ2n) is 5.22. The lowest BCUT2D eigenvalue weighted by Gasteiger charge is -2.26. The molecule has 6 heteroatoms. The molecule has 1 atom stereocenters. The second kappa shape index (κ2) is 6.32. The number of benzene rings is 1. The van der Waals surface area contributed by atoms with Crippen molar-refractivity contribution in [2.75, 3.05) is 46.6 Å². The highest BCUT2D eigenvalue weighted by atomic mass is 16.5. The van der Waals surface area contributed by atoms with Crippen LogP contribution in [0.4, 0.5) is 0 Å². The molecule has 1 unspecified atom stereocenters. The van der Waals surface area contributed by atoms with Crippen LogP contribution in [-0.2, 0) is 9.53 Å². The second-order valence-corrected chi connectivity index (χ2v) is 5.22. The van der Waals surface area contributed by atoms with Gasteiger partial charge in [0.25, 0.3) is 0 Å². The molecule has 1 amide bonds. The van der Waals surface area contributed by atoms with Crippen LogP contribution in [0.15, 0.2) is 18.2 Å². The molecule has 1 aromatic carbocycles. The van der Waals surface area contributed by atoms with E-state index in [4.69, 9.17) is 14.2 Å². The Hall–Kier alpha value is -1.79. The van der Waals surface area contributed by atoms with Crippen molar-refractivity contribution < 1.29 is 19.0 Å². The summed E-state index contributed by atoms with van der Waals surface area (Å²) < 4.78 is 16.1. The van der Waals surface area contributed by atoms with E-state index >= 15 is 0 Å². The van der Waals surface area contributed by atoms with Gasteiger partial charge in [-0.3, -0.25) is 9.69 Å². The van der Waals surface area contributed by atoms with Gasteiger partial charge in [-0.15, -0.1) is 0 Å². The normalized spacial score (nSPS) is 21.5. The zero-order chi connectivity index (χ0) is 14.7. The maximum Gasteiger partial charge on any atom is 0.234 e. The molecule has 1 aromatic rings. The molecule has 0 spiro atoms. The van der Waals surface area contributed by atoms with Gasteiger partial charge in [0.05, 0.1) is 32.9 Å². The highest BCUT2D eigenvalue weighted by molar-refractivity contribution is 5.78. The number of morpholine rings is 1. The number of carbonyl (C=O) groups excluding carboxylic acids is 1. The highest BCUT2D eigenvalue weighted by Gasteiger charge is 2.26. The van der Waals surface area contributed by atoms with E-state index in [0.717, 1.165) is 30.2 Å². The Morgan fingerprint density at radius 3 is 3.00 bits per heavy atom. The Bertz CT molecular complexity index is 514. The molecule has 2 aliphatic rings. The summed E-state index contributed by atoms with van der Waals surface area (Å²) in [6.45, 7) is 3.89. The number of fused-ring (bicyclic) bond motifs is 1. The van der Waals surface area contributed by atoms with E-state index in [0.29, 0.717) is 26.4 Å². The Kier molecular flexibility index (Phi) is 4.26. The van der Waals surface area contributed by atoms with Crippen LogP contribution in [0.2, 0.25) is 0 Å². The average Bonchev–Trinajstić information content (AvgIpc) is 2.90. The van der Waals surface area contributed by atoms with E-state index in [1.165, 1.54) is 0 Å². The van der Waals surface area contributed by atoms with Gasteiger partial charge in [0.15, 0.2) is 0 Å². The summed E-state index contributed by atoms with van der Waals surface area (Å²) in [6, 6.07) is 5.60. The van der Waals surface area contributed by atoms with Gasteiger partial charge < -0.3 is 19.5 Å². The predicted molar refractivity (Wildman–Crippen MR) is 76.6 cm³/mol. The largest absolute Gasteiger partial charge is 0.497 e. The zero-order valence-corrected chi connectivity index (χ0v) is 12.1. The van der Waals surface area contributed by atoms with Crippen molar-refractivity contribution in [3.05, 3.63) is 23.8 Å². The average molecular weight is 292 g/mol. The van der Waals surface area contributed by atoms with Gasteiger partial charge in [-0.25, -0.2) is 0 Å². The molecule has 1 N–H and O–H groups in total. The topological polar surface area (TPSA) is 60.0 Å². The van der Waals surface area contributed by atoms with Crippen molar-refractivity contribution in [1.82, 2.24) is 10.2 Å². The number of nitrogens with one attached hydrogen (secondary N) is 1. The summed E-state index contributed by atoms with van der Waals surface area (Å²) in [5.41, 5.74) is 1.01. The monoisotopic (exact) mass is 292 g/mol. The van der Waals surface area contributed by atoms with E-state index in [1.807, 2.05) is 18.2 Å². The lowest BCUT2D eigenvalue weighted by molar-refractivity contribution is -0.124. The molecule has 0 aromatic heterocycles. The summed E-state index contributed by atoms with van der Waals surface area (Å²) in [5, 5.41) is 3.03. The Morgan fingerprint density at radius 1 is 1.43 bits per heavy atom. The van der Waals surface area contributed by atoms with Crippen molar-refractivity contribution in [1.29, 1.82) is 0 Å². The van der Waals surface area contributed by atoms with Crippen molar-refractivity contribution in [2.45, 2.75) is 6.04 Å². The number of rotatable bonds is 4. The molecule has 0 aliphatic carbocycles. The molecule has 0 bridgehead atoms. The van der Waals surface area contributed by atoms with E-state index in [2.05, 4.69) is 10.2 Å². The molecule has 21 heavy (non-hydrogen) atoms. The molecular formula is C15H20N2O4. The maximum absolute atomic E-state index is 12.1. The number of carbonyl (C=O) groups is 1. The lowest BCUT2D eigenvalue weighted by Crippen LogP contribution is -2.44. The van der Waals surface area contributed by atoms with Crippen LogP contribution >= 0.6 is 0 Å². The quantitative estimate of drug-likeness (QED) is 0.879.